The number of rotatable bonds is 5. The van der Waals surface area contributed by atoms with Crippen molar-refractivity contribution in [3.63, 3.8) is 0 Å². The molecule has 0 amide bonds. The van der Waals surface area contributed by atoms with Gasteiger partial charge in [0.2, 0.25) is 0 Å². The highest BCUT2D eigenvalue weighted by atomic mass is 35.5. The number of hydrogen-bond donors (Lipinski definition) is 3. The van der Waals surface area contributed by atoms with Crippen LogP contribution in [0.5, 0.6) is 0 Å². The Hall–Kier alpha value is -1.13. The van der Waals surface area contributed by atoms with Gasteiger partial charge in [0.05, 0.1) is 15.7 Å². The molecule has 1 rings (SSSR count). The molecule has 18 heavy (non-hydrogen) atoms. The number of amidine groups is 1. The number of halogens is 2. The molecule has 0 atom stereocenters. The van der Waals surface area contributed by atoms with Crippen LogP contribution in [0.2, 0.25) is 10.0 Å². The van der Waals surface area contributed by atoms with Crippen LogP contribution in [0.4, 0.5) is 5.69 Å². The Bertz CT molecular complexity index is 447. The predicted octanol–water partition coefficient (Wildman–Crippen LogP) is 3.57. The zero-order valence-corrected chi connectivity index (χ0v) is 11.9. The molecule has 0 radical (unpaired) electrons. The van der Waals surface area contributed by atoms with E-state index in [2.05, 4.69) is 10.5 Å². The van der Waals surface area contributed by atoms with Crippen LogP contribution in [0.15, 0.2) is 23.4 Å². The molecule has 4 nitrogen and oxygen atoms in total. The average molecular weight is 290 g/mol. The Morgan fingerprint density at radius 2 is 2.11 bits per heavy atom. The maximum absolute atomic E-state index is 8.67. The van der Waals surface area contributed by atoms with Crippen molar-refractivity contribution in [2.45, 2.75) is 20.3 Å². The van der Waals surface area contributed by atoms with Gasteiger partial charge in [0, 0.05) is 12.0 Å². The van der Waals surface area contributed by atoms with Gasteiger partial charge in [0.1, 0.15) is 5.84 Å². The third-order valence-corrected chi connectivity index (χ3v) is 3.64. The fourth-order valence-corrected chi connectivity index (χ4v) is 1.78. The number of nitrogens with zero attached hydrogens (tertiary/aromatic N) is 1. The minimum Gasteiger partial charge on any atom is -0.409 e. The first-order chi connectivity index (χ1) is 8.38. The Labute approximate surface area is 117 Å². The maximum atomic E-state index is 8.67. The number of anilines is 1. The van der Waals surface area contributed by atoms with Crippen molar-refractivity contribution in [2.75, 3.05) is 11.9 Å². The third kappa shape index (κ3) is 3.68. The third-order valence-electron chi connectivity index (χ3n) is 2.82. The first-order valence-electron chi connectivity index (χ1n) is 5.54. The molecule has 0 spiro atoms. The summed E-state index contributed by atoms with van der Waals surface area (Å²) in [4.78, 5) is 0. The molecule has 0 aliphatic heterocycles. The van der Waals surface area contributed by atoms with Gasteiger partial charge in [0.15, 0.2) is 0 Å². The van der Waals surface area contributed by atoms with Gasteiger partial charge in [-0.25, -0.2) is 0 Å². The molecule has 0 bridgehead atoms. The second kappa shape index (κ2) is 6.16. The molecule has 100 valence electrons. The van der Waals surface area contributed by atoms with Crippen LogP contribution in [-0.2, 0) is 0 Å². The predicted molar refractivity (Wildman–Crippen MR) is 76.8 cm³/mol. The summed E-state index contributed by atoms with van der Waals surface area (Å²) in [6.07, 6.45) is 0.700. The zero-order chi connectivity index (χ0) is 13.8. The van der Waals surface area contributed by atoms with Crippen molar-refractivity contribution in [3.8, 4) is 0 Å². The van der Waals surface area contributed by atoms with Gasteiger partial charge in [-0.05, 0) is 18.6 Å². The highest BCUT2D eigenvalue weighted by molar-refractivity contribution is 6.43. The van der Waals surface area contributed by atoms with E-state index in [1.54, 1.807) is 6.07 Å². The molecule has 4 N–H and O–H groups in total. The number of oxime groups is 1. The van der Waals surface area contributed by atoms with Crippen LogP contribution in [0.1, 0.15) is 20.3 Å². The average Bonchev–Trinajstić information content (AvgIpc) is 2.33. The van der Waals surface area contributed by atoms with Crippen LogP contribution >= 0.6 is 23.2 Å². The van der Waals surface area contributed by atoms with Crippen LogP contribution in [0, 0.1) is 5.41 Å². The second-order valence-electron chi connectivity index (χ2n) is 4.65. The van der Waals surface area contributed by atoms with Crippen LogP contribution in [-0.4, -0.2) is 17.6 Å². The summed E-state index contributed by atoms with van der Waals surface area (Å²) in [5.74, 6) is 0.210. The minimum absolute atomic E-state index is 0.210. The molecule has 0 saturated carbocycles. The Morgan fingerprint density at radius 1 is 1.44 bits per heavy atom. The van der Waals surface area contributed by atoms with E-state index in [0.717, 1.165) is 5.69 Å². The van der Waals surface area contributed by atoms with Crippen LogP contribution < -0.4 is 11.1 Å². The Morgan fingerprint density at radius 3 is 2.72 bits per heavy atom. The lowest BCUT2D eigenvalue weighted by Gasteiger charge is -2.23. The van der Waals surface area contributed by atoms with Gasteiger partial charge in [-0.15, -0.1) is 0 Å². The Kier molecular flexibility index (Phi) is 5.11. The molecule has 1 aromatic carbocycles. The van der Waals surface area contributed by atoms with Gasteiger partial charge < -0.3 is 16.3 Å². The first-order valence-corrected chi connectivity index (χ1v) is 6.30. The quantitative estimate of drug-likeness (QED) is 0.336. The van der Waals surface area contributed by atoms with Gasteiger partial charge >= 0.3 is 0 Å². The van der Waals surface area contributed by atoms with Crippen molar-refractivity contribution in [1.82, 2.24) is 0 Å². The largest absolute Gasteiger partial charge is 0.409 e. The number of benzene rings is 1. The van der Waals surface area contributed by atoms with E-state index in [4.69, 9.17) is 34.1 Å². The lowest BCUT2D eigenvalue weighted by Crippen LogP contribution is -2.33. The monoisotopic (exact) mass is 289 g/mol. The van der Waals surface area contributed by atoms with E-state index in [1.165, 1.54) is 0 Å². The van der Waals surface area contributed by atoms with E-state index >= 15 is 0 Å². The molecular weight excluding hydrogens is 273 g/mol. The molecule has 0 aliphatic carbocycles. The van der Waals surface area contributed by atoms with Crippen molar-refractivity contribution in [3.05, 3.63) is 28.2 Å². The summed E-state index contributed by atoms with van der Waals surface area (Å²) in [6, 6.07) is 5.41. The number of nitrogens with one attached hydrogen (secondary N) is 1. The molecule has 0 aromatic heterocycles. The van der Waals surface area contributed by atoms with Crippen molar-refractivity contribution < 1.29 is 5.21 Å². The molecule has 0 unspecified atom stereocenters. The van der Waals surface area contributed by atoms with Gasteiger partial charge in [-0.2, -0.15) is 0 Å². The molecule has 0 heterocycles. The molecule has 0 saturated heterocycles. The number of nitrogens with two attached hydrogens (primary N) is 1. The van der Waals surface area contributed by atoms with E-state index in [1.807, 2.05) is 26.0 Å². The van der Waals surface area contributed by atoms with Gasteiger partial charge in [0.25, 0.3) is 0 Å². The molecule has 6 heteroatoms. The fraction of sp³-hybridized carbons (Fsp3) is 0.417. The van der Waals surface area contributed by atoms with Crippen molar-refractivity contribution >= 4 is 34.7 Å². The highest BCUT2D eigenvalue weighted by Crippen LogP contribution is 2.30. The topological polar surface area (TPSA) is 70.6 Å². The standard InChI is InChI=1S/C12H17Cl2N3O/c1-12(2,11(15)17-18)6-7-16-9-5-3-4-8(13)10(9)14/h3-5,16,18H,6-7H2,1-2H3,(H2,15,17). The zero-order valence-electron chi connectivity index (χ0n) is 10.4. The SMILES string of the molecule is CC(C)(CCNc1cccc(Cl)c1Cl)C(N)=NO. The van der Waals surface area contributed by atoms with E-state index in [9.17, 15) is 0 Å². The number of hydrogen-bond acceptors (Lipinski definition) is 3. The van der Waals surface area contributed by atoms with E-state index < -0.39 is 0 Å². The van der Waals surface area contributed by atoms with Crippen molar-refractivity contribution in [2.24, 2.45) is 16.3 Å². The first kappa shape index (κ1) is 14.9. The lowest BCUT2D eigenvalue weighted by atomic mass is 9.88. The summed E-state index contributed by atoms with van der Waals surface area (Å²) >= 11 is 12.0. The molecular formula is C12H17Cl2N3O. The summed E-state index contributed by atoms with van der Waals surface area (Å²) < 4.78 is 0. The molecule has 0 fully saturated rings. The maximum Gasteiger partial charge on any atom is 0.144 e. The van der Waals surface area contributed by atoms with Gasteiger partial charge in [-0.1, -0.05) is 48.3 Å². The van der Waals surface area contributed by atoms with Crippen LogP contribution in [0.3, 0.4) is 0 Å². The summed E-state index contributed by atoms with van der Waals surface area (Å²) in [6.45, 7) is 4.45. The summed E-state index contributed by atoms with van der Waals surface area (Å²) in [7, 11) is 0. The Balaban J connectivity index is 2.60. The lowest BCUT2D eigenvalue weighted by molar-refractivity contribution is 0.306. The molecule has 0 aliphatic rings. The molecule has 1 aromatic rings. The smallest absolute Gasteiger partial charge is 0.144 e. The fourth-order valence-electron chi connectivity index (χ4n) is 1.41. The van der Waals surface area contributed by atoms with Gasteiger partial charge in [-0.3, -0.25) is 0 Å². The van der Waals surface area contributed by atoms with Crippen molar-refractivity contribution in [1.29, 1.82) is 0 Å². The summed E-state index contributed by atoms with van der Waals surface area (Å²) in [5, 5.41) is 15.9. The second-order valence-corrected chi connectivity index (χ2v) is 5.43. The van der Waals surface area contributed by atoms with Crippen LogP contribution in [0.25, 0.3) is 0 Å². The van der Waals surface area contributed by atoms with E-state index in [0.29, 0.717) is 23.0 Å². The van der Waals surface area contributed by atoms with E-state index in [-0.39, 0.29) is 11.3 Å². The normalized spacial score (nSPS) is 12.6. The highest BCUT2D eigenvalue weighted by Gasteiger charge is 2.23. The minimum atomic E-state index is -0.382. The summed E-state index contributed by atoms with van der Waals surface area (Å²) in [5.41, 5.74) is 6.00.